The molecule has 3 rings (SSSR count). The number of nitrogens with two attached hydrogens (primary N) is 1. The average molecular weight is 288 g/mol. The molecule has 2 N–H and O–H groups in total. The van der Waals surface area contributed by atoms with Gasteiger partial charge in [-0.1, -0.05) is 18.2 Å². The Balaban J connectivity index is 1.92. The number of aromatic nitrogens is 1. The quantitative estimate of drug-likeness (QED) is 0.937. The third kappa shape index (κ3) is 2.58. The van der Waals surface area contributed by atoms with E-state index < -0.39 is 0 Å². The van der Waals surface area contributed by atoms with E-state index in [1.807, 2.05) is 31.2 Å². The monoisotopic (exact) mass is 288 g/mol. The van der Waals surface area contributed by atoms with Crippen molar-refractivity contribution in [1.29, 1.82) is 0 Å². The second kappa shape index (κ2) is 5.94. The SMILES string of the molecule is CCOc1ccccc1C(N)c1nc2c(s1)CCCC2. The van der Waals surface area contributed by atoms with Gasteiger partial charge in [0.1, 0.15) is 10.8 Å². The first-order valence-electron chi connectivity index (χ1n) is 7.25. The number of benzene rings is 1. The van der Waals surface area contributed by atoms with E-state index in [9.17, 15) is 0 Å². The minimum Gasteiger partial charge on any atom is -0.494 e. The van der Waals surface area contributed by atoms with Gasteiger partial charge in [0.05, 0.1) is 18.3 Å². The lowest BCUT2D eigenvalue weighted by molar-refractivity contribution is 0.335. The van der Waals surface area contributed by atoms with Crippen molar-refractivity contribution in [3.05, 3.63) is 45.4 Å². The van der Waals surface area contributed by atoms with Crippen molar-refractivity contribution in [1.82, 2.24) is 4.98 Å². The van der Waals surface area contributed by atoms with Crippen molar-refractivity contribution >= 4 is 11.3 Å². The van der Waals surface area contributed by atoms with Gasteiger partial charge >= 0.3 is 0 Å². The molecule has 3 nitrogen and oxygen atoms in total. The van der Waals surface area contributed by atoms with Crippen LogP contribution >= 0.6 is 11.3 Å². The van der Waals surface area contributed by atoms with Crippen LogP contribution in [0.15, 0.2) is 24.3 Å². The molecule has 0 spiro atoms. The Morgan fingerprint density at radius 3 is 2.90 bits per heavy atom. The topological polar surface area (TPSA) is 48.1 Å². The van der Waals surface area contributed by atoms with E-state index in [-0.39, 0.29) is 6.04 Å². The largest absolute Gasteiger partial charge is 0.494 e. The first kappa shape index (κ1) is 13.6. The van der Waals surface area contributed by atoms with Gasteiger partial charge in [0.25, 0.3) is 0 Å². The predicted molar refractivity (Wildman–Crippen MR) is 82.4 cm³/mol. The van der Waals surface area contributed by atoms with Gasteiger partial charge in [-0.25, -0.2) is 4.98 Å². The molecule has 1 aliphatic rings. The molecule has 0 bridgehead atoms. The zero-order valence-corrected chi connectivity index (χ0v) is 12.6. The summed E-state index contributed by atoms with van der Waals surface area (Å²) in [4.78, 5) is 6.19. The van der Waals surface area contributed by atoms with Gasteiger partial charge in [-0.05, 0) is 38.7 Å². The molecule has 1 unspecified atom stereocenters. The zero-order chi connectivity index (χ0) is 13.9. The highest BCUT2D eigenvalue weighted by Gasteiger charge is 2.21. The van der Waals surface area contributed by atoms with Gasteiger partial charge in [-0.3, -0.25) is 0 Å². The molecule has 106 valence electrons. The number of fused-ring (bicyclic) bond motifs is 1. The molecule has 1 aliphatic carbocycles. The lowest BCUT2D eigenvalue weighted by Gasteiger charge is -2.14. The van der Waals surface area contributed by atoms with Gasteiger partial charge in [0, 0.05) is 10.4 Å². The van der Waals surface area contributed by atoms with Crippen LogP contribution in [-0.4, -0.2) is 11.6 Å². The summed E-state index contributed by atoms with van der Waals surface area (Å²) >= 11 is 1.77. The molecule has 1 atom stereocenters. The van der Waals surface area contributed by atoms with Crippen molar-refractivity contribution < 1.29 is 4.74 Å². The molecule has 0 fully saturated rings. The first-order valence-corrected chi connectivity index (χ1v) is 8.07. The molecule has 0 amide bonds. The Morgan fingerprint density at radius 1 is 1.30 bits per heavy atom. The summed E-state index contributed by atoms with van der Waals surface area (Å²) in [7, 11) is 0. The number of aryl methyl sites for hydroxylation is 2. The Hall–Kier alpha value is -1.39. The van der Waals surface area contributed by atoms with E-state index in [0.717, 1.165) is 29.2 Å². The first-order chi connectivity index (χ1) is 9.79. The summed E-state index contributed by atoms with van der Waals surface area (Å²) in [5.41, 5.74) is 8.72. The fourth-order valence-electron chi connectivity index (χ4n) is 2.66. The molecular formula is C16H20N2OS. The second-order valence-corrected chi connectivity index (χ2v) is 6.19. The number of hydrogen-bond acceptors (Lipinski definition) is 4. The molecule has 0 aliphatic heterocycles. The van der Waals surface area contributed by atoms with E-state index in [1.54, 1.807) is 11.3 Å². The van der Waals surface area contributed by atoms with E-state index in [0.29, 0.717) is 6.61 Å². The third-order valence-corrected chi connectivity index (χ3v) is 4.92. The normalized spacial score (nSPS) is 15.7. The molecule has 0 saturated carbocycles. The van der Waals surface area contributed by atoms with Gasteiger partial charge in [-0.2, -0.15) is 0 Å². The van der Waals surface area contributed by atoms with Crippen molar-refractivity contribution in [3.8, 4) is 5.75 Å². The molecular weight excluding hydrogens is 268 g/mol. The highest BCUT2D eigenvalue weighted by atomic mass is 32.1. The van der Waals surface area contributed by atoms with Crippen LogP contribution in [0.4, 0.5) is 0 Å². The lowest BCUT2D eigenvalue weighted by atomic mass is 10.0. The van der Waals surface area contributed by atoms with Crippen molar-refractivity contribution in [2.24, 2.45) is 5.73 Å². The number of nitrogens with zero attached hydrogens (tertiary/aromatic N) is 1. The molecule has 1 aromatic heterocycles. The summed E-state index contributed by atoms with van der Waals surface area (Å²) in [5.74, 6) is 0.871. The van der Waals surface area contributed by atoms with Crippen LogP contribution in [0.5, 0.6) is 5.75 Å². The van der Waals surface area contributed by atoms with Gasteiger partial charge < -0.3 is 10.5 Å². The van der Waals surface area contributed by atoms with Crippen LogP contribution in [-0.2, 0) is 12.8 Å². The second-order valence-electron chi connectivity index (χ2n) is 5.08. The summed E-state index contributed by atoms with van der Waals surface area (Å²) in [5, 5.41) is 1.02. The zero-order valence-electron chi connectivity index (χ0n) is 11.8. The fourth-order valence-corrected chi connectivity index (χ4v) is 3.84. The number of ether oxygens (including phenoxy) is 1. The highest BCUT2D eigenvalue weighted by molar-refractivity contribution is 7.11. The van der Waals surface area contributed by atoms with Crippen molar-refractivity contribution in [3.63, 3.8) is 0 Å². The third-order valence-electron chi connectivity index (χ3n) is 3.68. The van der Waals surface area contributed by atoms with Crippen molar-refractivity contribution in [2.45, 2.75) is 38.6 Å². The minimum atomic E-state index is -0.187. The number of para-hydroxylation sites is 1. The van der Waals surface area contributed by atoms with Crippen LogP contribution in [0.25, 0.3) is 0 Å². The van der Waals surface area contributed by atoms with Crippen LogP contribution < -0.4 is 10.5 Å². The Kier molecular flexibility index (Phi) is 4.03. The van der Waals surface area contributed by atoms with Crippen LogP contribution in [0.1, 0.15) is 46.9 Å². The van der Waals surface area contributed by atoms with E-state index in [1.165, 1.54) is 23.4 Å². The average Bonchev–Trinajstić information content (AvgIpc) is 2.91. The summed E-state index contributed by atoms with van der Waals surface area (Å²) in [6.45, 7) is 2.64. The fraction of sp³-hybridized carbons (Fsp3) is 0.438. The van der Waals surface area contributed by atoms with Crippen molar-refractivity contribution in [2.75, 3.05) is 6.61 Å². The predicted octanol–water partition coefficient (Wildman–Crippen LogP) is 3.47. The van der Waals surface area contributed by atoms with Crippen LogP contribution in [0.2, 0.25) is 0 Å². The number of thiazole rings is 1. The molecule has 20 heavy (non-hydrogen) atoms. The Morgan fingerprint density at radius 2 is 2.10 bits per heavy atom. The van der Waals surface area contributed by atoms with Gasteiger partial charge in [0.15, 0.2) is 0 Å². The summed E-state index contributed by atoms with van der Waals surface area (Å²) < 4.78 is 5.68. The molecule has 1 heterocycles. The van der Waals surface area contributed by atoms with E-state index in [4.69, 9.17) is 15.5 Å². The van der Waals surface area contributed by atoms with Crippen LogP contribution in [0, 0.1) is 0 Å². The molecule has 4 heteroatoms. The molecule has 0 saturated heterocycles. The lowest BCUT2D eigenvalue weighted by Crippen LogP contribution is -2.13. The Labute approximate surface area is 123 Å². The van der Waals surface area contributed by atoms with Gasteiger partial charge in [-0.15, -0.1) is 11.3 Å². The molecule has 2 aromatic rings. The molecule has 1 aromatic carbocycles. The van der Waals surface area contributed by atoms with Crippen LogP contribution in [0.3, 0.4) is 0 Å². The maximum Gasteiger partial charge on any atom is 0.124 e. The van der Waals surface area contributed by atoms with E-state index >= 15 is 0 Å². The number of rotatable bonds is 4. The summed E-state index contributed by atoms with van der Waals surface area (Å²) in [6.07, 6.45) is 4.79. The minimum absolute atomic E-state index is 0.187. The maximum atomic E-state index is 6.43. The smallest absolute Gasteiger partial charge is 0.124 e. The highest BCUT2D eigenvalue weighted by Crippen LogP contribution is 2.34. The van der Waals surface area contributed by atoms with E-state index in [2.05, 4.69) is 0 Å². The Bertz CT molecular complexity index is 570. The number of hydrogen-bond donors (Lipinski definition) is 1. The molecule has 0 radical (unpaired) electrons. The standard InChI is InChI=1S/C16H20N2OS/c1-2-19-13-9-5-3-7-11(13)15(17)16-18-12-8-4-6-10-14(12)20-16/h3,5,7,9,15H,2,4,6,8,10,17H2,1H3. The maximum absolute atomic E-state index is 6.43. The van der Waals surface area contributed by atoms with Gasteiger partial charge in [0.2, 0.25) is 0 Å². The summed E-state index contributed by atoms with van der Waals surface area (Å²) in [6, 6.07) is 7.81.